The summed E-state index contributed by atoms with van der Waals surface area (Å²) < 4.78 is 0. The van der Waals surface area contributed by atoms with Crippen molar-refractivity contribution in [3.8, 4) is 0 Å². The standard InChI is InChI=1S/C19H29N3O4/c1-19(2)10-13-8-9-15(23)22(13)21-18(26)16(24)14(11-19)20-17(25)12-6-4-3-5-7-12/h10,12,14,16,24H,3-9,11H2,1-2H3,(H,20,25)(H,21,26)/b13-10-. The zero-order valence-electron chi connectivity index (χ0n) is 15.6. The molecule has 3 amide bonds. The van der Waals surface area contributed by atoms with Crippen LogP contribution in [0.3, 0.4) is 0 Å². The molecule has 2 heterocycles. The molecule has 1 saturated carbocycles. The highest BCUT2D eigenvalue weighted by Gasteiger charge is 2.39. The Morgan fingerprint density at radius 2 is 1.92 bits per heavy atom. The van der Waals surface area contributed by atoms with E-state index < -0.39 is 18.1 Å². The average Bonchev–Trinajstić information content (AvgIpc) is 2.94. The van der Waals surface area contributed by atoms with Gasteiger partial charge in [0.15, 0.2) is 6.10 Å². The Morgan fingerprint density at radius 1 is 1.23 bits per heavy atom. The highest BCUT2D eigenvalue weighted by Crippen LogP contribution is 2.33. The van der Waals surface area contributed by atoms with Gasteiger partial charge in [-0.05, 0) is 31.1 Å². The minimum atomic E-state index is -1.40. The molecular weight excluding hydrogens is 334 g/mol. The molecule has 2 aliphatic heterocycles. The molecule has 0 aromatic rings. The predicted molar refractivity (Wildman–Crippen MR) is 95.2 cm³/mol. The Balaban J connectivity index is 1.79. The molecule has 1 saturated heterocycles. The molecule has 2 fully saturated rings. The van der Waals surface area contributed by atoms with Crippen LogP contribution in [-0.4, -0.2) is 40.0 Å². The summed E-state index contributed by atoms with van der Waals surface area (Å²) in [5.74, 6) is -0.964. The second-order valence-corrected chi connectivity index (χ2v) is 8.43. The maximum atomic E-state index is 12.6. The van der Waals surface area contributed by atoms with Crippen molar-refractivity contribution >= 4 is 17.7 Å². The van der Waals surface area contributed by atoms with Gasteiger partial charge >= 0.3 is 0 Å². The van der Waals surface area contributed by atoms with Gasteiger partial charge in [-0.15, -0.1) is 0 Å². The van der Waals surface area contributed by atoms with Crippen LogP contribution in [0.1, 0.15) is 65.2 Å². The normalized spacial score (nSPS) is 31.8. The van der Waals surface area contributed by atoms with Gasteiger partial charge in [0.2, 0.25) is 11.8 Å². The van der Waals surface area contributed by atoms with Crippen LogP contribution in [-0.2, 0) is 14.4 Å². The van der Waals surface area contributed by atoms with Gasteiger partial charge in [0, 0.05) is 18.0 Å². The molecule has 0 spiro atoms. The first kappa shape index (κ1) is 18.9. The molecule has 2 unspecified atom stereocenters. The Hall–Kier alpha value is -1.89. The Bertz CT molecular complexity index is 622. The summed E-state index contributed by atoms with van der Waals surface area (Å²) in [6, 6.07) is -0.689. The van der Waals surface area contributed by atoms with Crippen molar-refractivity contribution in [1.82, 2.24) is 15.8 Å². The lowest BCUT2D eigenvalue weighted by molar-refractivity contribution is -0.143. The molecule has 7 nitrogen and oxygen atoms in total. The van der Waals surface area contributed by atoms with E-state index >= 15 is 0 Å². The summed E-state index contributed by atoms with van der Waals surface area (Å²) >= 11 is 0. The number of amides is 3. The summed E-state index contributed by atoms with van der Waals surface area (Å²) in [6.07, 6.45) is 6.86. The van der Waals surface area contributed by atoms with Crippen LogP contribution in [0.5, 0.6) is 0 Å². The topological polar surface area (TPSA) is 98.7 Å². The van der Waals surface area contributed by atoms with Gasteiger partial charge in [-0.25, -0.2) is 5.01 Å². The van der Waals surface area contributed by atoms with E-state index in [0.29, 0.717) is 19.3 Å². The number of fused-ring (bicyclic) bond motifs is 1. The lowest BCUT2D eigenvalue weighted by Gasteiger charge is -2.31. The number of aliphatic hydroxyl groups is 1. The fourth-order valence-corrected chi connectivity index (χ4v) is 4.23. The molecule has 26 heavy (non-hydrogen) atoms. The van der Waals surface area contributed by atoms with E-state index in [1.54, 1.807) is 0 Å². The third-order valence-electron chi connectivity index (χ3n) is 5.61. The summed E-state index contributed by atoms with van der Waals surface area (Å²) in [4.78, 5) is 37.1. The fraction of sp³-hybridized carbons (Fsp3) is 0.737. The van der Waals surface area contributed by atoms with Crippen LogP contribution >= 0.6 is 0 Å². The average molecular weight is 363 g/mol. The van der Waals surface area contributed by atoms with E-state index in [4.69, 9.17) is 0 Å². The second kappa shape index (κ2) is 7.39. The van der Waals surface area contributed by atoms with E-state index in [-0.39, 0.29) is 23.1 Å². The van der Waals surface area contributed by atoms with Crippen LogP contribution in [0.2, 0.25) is 0 Å². The third-order valence-corrected chi connectivity index (χ3v) is 5.61. The number of carbonyl (C=O) groups is 3. The number of allylic oxidation sites excluding steroid dienone is 2. The van der Waals surface area contributed by atoms with E-state index in [2.05, 4.69) is 10.7 Å². The number of carbonyl (C=O) groups excluding carboxylic acids is 3. The summed E-state index contributed by atoms with van der Waals surface area (Å²) in [5, 5.41) is 14.7. The highest BCUT2D eigenvalue weighted by molar-refractivity contribution is 5.88. The number of nitrogens with one attached hydrogen (secondary N) is 2. The van der Waals surface area contributed by atoms with Crippen LogP contribution in [0, 0.1) is 11.3 Å². The first-order valence-corrected chi connectivity index (χ1v) is 9.60. The molecular formula is C19H29N3O4. The fourth-order valence-electron chi connectivity index (χ4n) is 4.23. The summed E-state index contributed by atoms with van der Waals surface area (Å²) in [7, 11) is 0. The van der Waals surface area contributed by atoms with Gasteiger partial charge in [-0.2, -0.15) is 0 Å². The second-order valence-electron chi connectivity index (χ2n) is 8.43. The van der Waals surface area contributed by atoms with Crippen molar-refractivity contribution < 1.29 is 19.5 Å². The van der Waals surface area contributed by atoms with Crippen LogP contribution < -0.4 is 10.7 Å². The van der Waals surface area contributed by atoms with Crippen LogP contribution in [0.25, 0.3) is 0 Å². The first-order valence-electron chi connectivity index (χ1n) is 9.60. The minimum absolute atomic E-state index is 0.0437. The first-order chi connectivity index (χ1) is 12.3. The minimum Gasteiger partial charge on any atom is -0.381 e. The SMILES string of the molecule is CC1(C)/C=C2/CCC(=O)N2NC(=O)C(O)C(NC(=O)C2CCCCC2)C1. The predicted octanol–water partition coefficient (Wildman–Crippen LogP) is 1.38. The van der Waals surface area contributed by atoms with Crippen molar-refractivity contribution in [3.63, 3.8) is 0 Å². The van der Waals surface area contributed by atoms with Crippen molar-refractivity contribution in [2.45, 2.75) is 77.4 Å². The van der Waals surface area contributed by atoms with E-state index in [9.17, 15) is 19.5 Å². The molecule has 0 aromatic heterocycles. The van der Waals surface area contributed by atoms with Crippen LogP contribution in [0.4, 0.5) is 0 Å². The molecule has 1 aliphatic carbocycles. The van der Waals surface area contributed by atoms with E-state index in [0.717, 1.165) is 37.8 Å². The van der Waals surface area contributed by atoms with Gasteiger partial charge in [0.1, 0.15) is 0 Å². The number of aliphatic hydroxyl groups excluding tert-OH is 1. The summed E-state index contributed by atoms with van der Waals surface area (Å²) in [5.41, 5.74) is 2.89. The van der Waals surface area contributed by atoms with Gasteiger partial charge in [-0.3, -0.25) is 19.8 Å². The van der Waals surface area contributed by atoms with Crippen molar-refractivity contribution in [3.05, 3.63) is 11.8 Å². The van der Waals surface area contributed by atoms with E-state index in [1.807, 2.05) is 19.9 Å². The van der Waals surface area contributed by atoms with Crippen molar-refractivity contribution in [1.29, 1.82) is 0 Å². The van der Waals surface area contributed by atoms with Crippen molar-refractivity contribution in [2.75, 3.05) is 0 Å². The maximum absolute atomic E-state index is 12.6. The van der Waals surface area contributed by atoms with Crippen molar-refractivity contribution in [2.24, 2.45) is 11.3 Å². The molecule has 144 valence electrons. The molecule has 7 heteroatoms. The number of hydrazine groups is 1. The zero-order chi connectivity index (χ0) is 18.9. The number of nitrogens with zero attached hydrogens (tertiary/aromatic N) is 1. The van der Waals surface area contributed by atoms with Gasteiger partial charge < -0.3 is 10.4 Å². The molecule has 3 aliphatic rings. The van der Waals surface area contributed by atoms with E-state index in [1.165, 1.54) is 5.01 Å². The number of hydrogen-bond donors (Lipinski definition) is 3. The van der Waals surface area contributed by atoms with Gasteiger partial charge in [-0.1, -0.05) is 39.2 Å². The molecule has 0 bridgehead atoms. The molecule has 0 radical (unpaired) electrons. The Morgan fingerprint density at radius 3 is 2.62 bits per heavy atom. The maximum Gasteiger partial charge on any atom is 0.269 e. The smallest absolute Gasteiger partial charge is 0.269 e. The third kappa shape index (κ3) is 4.09. The Kier molecular flexibility index (Phi) is 5.37. The monoisotopic (exact) mass is 363 g/mol. The summed E-state index contributed by atoms with van der Waals surface area (Å²) in [6.45, 7) is 3.98. The molecule has 3 N–H and O–H groups in total. The van der Waals surface area contributed by atoms with Gasteiger partial charge in [0.25, 0.3) is 5.91 Å². The largest absolute Gasteiger partial charge is 0.381 e. The Labute approximate surface area is 154 Å². The number of rotatable bonds is 2. The lowest BCUT2D eigenvalue weighted by atomic mass is 9.82. The molecule has 3 rings (SSSR count). The lowest BCUT2D eigenvalue weighted by Crippen LogP contribution is -2.55. The quantitative estimate of drug-likeness (QED) is 0.690. The van der Waals surface area contributed by atoms with Gasteiger partial charge in [0.05, 0.1) is 6.04 Å². The highest BCUT2D eigenvalue weighted by atomic mass is 16.3. The van der Waals surface area contributed by atoms with Crippen LogP contribution in [0.15, 0.2) is 11.8 Å². The molecule has 0 aromatic carbocycles. The zero-order valence-corrected chi connectivity index (χ0v) is 15.6. The molecule has 2 atom stereocenters. The number of hydrogen-bond acceptors (Lipinski definition) is 4.